The van der Waals surface area contributed by atoms with Crippen molar-refractivity contribution in [3.8, 4) is 10.6 Å². The standard InChI is InChI=1S/C14H17N3S/c1-2-13(9-11-3-5-15-6-4-11)17-10-12(1)14-16-7-8-18-14/h1-2,7-8,10-11,15H,3-6,9H2. The molecule has 0 aliphatic carbocycles. The molecule has 1 saturated heterocycles. The summed E-state index contributed by atoms with van der Waals surface area (Å²) in [6.45, 7) is 2.31. The van der Waals surface area contributed by atoms with Crippen molar-refractivity contribution < 1.29 is 0 Å². The van der Waals surface area contributed by atoms with E-state index in [-0.39, 0.29) is 0 Å². The van der Waals surface area contributed by atoms with E-state index in [1.807, 2.05) is 17.8 Å². The number of hydrogen-bond acceptors (Lipinski definition) is 4. The van der Waals surface area contributed by atoms with E-state index in [9.17, 15) is 0 Å². The third-order valence-electron chi connectivity index (χ3n) is 3.46. The topological polar surface area (TPSA) is 37.8 Å². The summed E-state index contributed by atoms with van der Waals surface area (Å²) in [7, 11) is 0. The summed E-state index contributed by atoms with van der Waals surface area (Å²) in [6.07, 6.45) is 7.45. The SMILES string of the molecule is c1csc(-c2ccc(CC3CCNCC3)nc2)n1. The number of nitrogens with one attached hydrogen (secondary N) is 1. The fraction of sp³-hybridized carbons (Fsp3) is 0.429. The van der Waals surface area contributed by atoms with Crippen LogP contribution >= 0.6 is 11.3 Å². The first-order valence-corrected chi connectivity index (χ1v) is 7.35. The summed E-state index contributed by atoms with van der Waals surface area (Å²) in [5.74, 6) is 0.796. The second-order valence-corrected chi connectivity index (χ2v) is 5.67. The van der Waals surface area contributed by atoms with Gasteiger partial charge in [-0.2, -0.15) is 0 Å². The number of pyridine rings is 1. The van der Waals surface area contributed by atoms with Crippen LogP contribution in [0.5, 0.6) is 0 Å². The van der Waals surface area contributed by atoms with E-state index in [0.29, 0.717) is 0 Å². The Balaban J connectivity index is 1.67. The molecule has 1 aliphatic heterocycles. The van der Waals surface area contributed by atoms with Gasteiger partial charge in [-0.3, -0.25) is 4.98 Å². The molecule has 2 aromatic heterocycles. The molecule has 0 aromatic carbocycles. The van der Waals surface area contributed by atoms with Crippen molar-refractivity contribution >= 4 is 11.3 Å². The van der Waals surface area contributed by atoms with Crippen LogP contribution in [0.4, 0.5) is 0 Å². The fourth-order valence-corrected chi connectivity index (χ4v) is 3.05. The molecule has 0 atom stereocenters. The van der Waals surface area contributed by atoms with E-state index in [1.165, 1.54) is 18.5 Å². The average molecular weight is 259 g/mol. The van der Waals surface area contributed by atoms with Crippen molar-refractivity contribution in [3.05, 3.63) is 35.6 Å². The third kappa shape index (κ3) is 2.76. The smallest absolute Gasteiger partial charge is 0.124 e. The molecule has 0 radical (unpaired) electrons. The molecule has 0 saturated carbocycles. The minimum absolute atomic E-state index is 0.796. The van der Waals surface area contributed by atoms with Crippen LogP contribution < -0.4 is 5.32 Å². The normalized spacial score (nSPS) is 16.9. The van der Waals surface area contributed by atoms with Crippen molar-refractivity contribution in [2.24, 2.45) is 5.92 Å². The van der Waals surface area contributed by atoms with Gasteiger partial charge >= 0.3 is 0 Å². The number of rotatable bonds is 3. The van der Waals surface area contributed by atoms with Gasteiger partial charge < -0.3 is 5.32 Å². The highest BCUT2D eigenvalue weighted by Crippen LogP contribution is 2.22. The van der Waals surface area contributed by atoms with E-state index in [4.69, 9.17) is 0 Å². The van der Waals surface area contributed by atoms with Crippen LogP contribution in [0, 0.1) is 5.92 Å². The number of thiazole rings is 1. The molecule has 1 N–H and O–H groups in total. The van der Waals surface area contributed by atoms with Crippen LogP contribution in [-0.2, 0) is 6.42 Å². The Labute approximate surface area is 111 Å². The average Bonchev–Trinajstić information content (AvgIpc) is 2.95. The maximum atomic E-state index is 4.58. The van der Waals surface area contributed by atoms with Gasteiger partial charge in [-0.15, -0.1) is 11.3 Å². The fourth-order valence-electron chi connectivity index (χ4n) is 2.42. The zero-order valence-electron chi connectivity index (χ0n) is 10.3. The summed E-state index contributed by atoms with van der Waals surface area (Å²) in [6, 6.07) is 4.29. The maximum absolute atomic E-state index is 4.58. The predicted octanol–water partition coefficient (Wildman–Crippen LogP) is 2.75. The largest absolute Gasteiger partial charge is 0.317 e. The first kappa shape index (κ1) is 11.8. The first-order valence-electron chi connectivity index (χ1n) is 6.47. The Hall–Kier alpha value is -1.26. The van der Waals surface area contributed by atoms with E-state index < -0.39 is 0 Å². The van der Waals surface area contributed by atoms with Crippen LogP contribution in [-0.4, -0.2) is 23.1 Å². The van der Waals surface area contributed by atoms with E-state index in [2.05, 4.69) is 27.4 Å². The monoisotopic (exact) mass is 259 g/mol. The second-order valence-electron chi connectivity index (χ2n) is 4.77. The van der Waals surface area contributed by atoms with Crippen molar-refractivity contribution in [2.75, 3.05) is 13.1 Å². The van der Waals surface area contributed by atoms with Crippen molar-refractivity contribution in [3.63, 3.8) is 0 Å². The first-order chi connectivity index (χ1) is 8.92. The Morgan fingerprint density at radius 2 is 2.11 bits per heavy atom. The van der Waals surface area contributed by atoms with Gasteiger partial charge in [0, 0.05) is 29.0 Å². The highest BCUT2D eigenvalue weighted by Gasteiger charge is 2.14. The zero-order valence-corrected chi connectivity index (χ0v) is 11.1. The lowest BCUT2D eigenvalue weighted by atomic mass is 9.93. The van der Waals surface area contributed by atoms with Crippen LogP contribution in [0.25, 0.3) is 10.6 Å². The van der Waals surface area contributed by atoms with Crippen LogP contribution in [0.3, 0.4) is 0 Å². The zero-order chi connectivity index (χ0) is 12.2. The molecule has 3 nitrogen and oxygen atoms in total. The lowest BCUT2D eigenvalue weighted by molar-refractivity contribution is 0.370. The number of hydrogen-bond donors (Lipinski definition) is 1. The molecule has 2 aromatic rings. The lowest BCUT2D eigenvalue weighted by Crippen LogP contribution is -2.28. The van der Waals surface area contributed by atoms with Crippen LogP contribution in [0.1, 0.15) is 18.5 Å². The molecule has 1 fully saturated rings. The molecular formula is C14H17N3S. The summed E-state index contributed by atoms with van der Waals surface area (Å²) >= 11 is 1.66. The van der Waals surface area contributed by atoms with Gasteiger partial charge in [-0.1, -0.05) is 0 Å². The summed E-state index contributed by atoms with van der Waals surface area (Å²) in [4.78, 5) is 8.88. The van der Waals surface area contributed by atoms with Crippen molar-refractivity contribution in [1.82, 2.24) is 15.3 Å². The minimum Gasteiger partial charge on any atom is -0.317 e. The Morgan fingerprint density at radius 3 is 2.78 bits per heavy atom. The second kappa shape index (κ2) is 5.59. The summed E-state index contributed by atoms with van der Waals surface area (Å²) in [5, 5.41) is 6.45. The highest BCUT2D eigenvalue weighted by atomic mass is 32.1. The molecule has 3 rings (SSSR count). The molecule has 0 amide bonds. The van der Waals surface area contributed by atoms with Gasteiger partial charge in [0.1, 0.15) is 5.01 Å². The summed E-state index contributed by atoms with van der Waals surface area (Å²) in [5.41, 5.74) is 2.33. The molecule has 3 heterocycles. The summed E-state index contributed by atoms with van der Waals surface area (Å²) < 4.78 is 0. The quantitative estimate of drug-likeness (QED) is 0.921. The van der Waals surface area contributed by atoms with Crippen LogP contribution in [0.15, 0.2) is 29.9 Å². The van der Waals surface area contributed by atoms with Gasteiger partial charge in [0.15, 0.2) is 0 Å². The van der Waals surface area contributed by atoms with Gasteiger partial charge in [0.05, 0.1) is 0 Å². The Morgan fingerprint density at radius 1 is 1.22 bits per heavy atom. The number of nitrogens with zero attached hydrogens (tertiary/aromatic N) is 2. The van der Waals surface area contributed by atoms with Gasteiger partial charge in [0.2, 0.25) is 0 Å². The minimum atomic E-state index is 0.796. The lowest BCUT2D eigenvalue weighted by Gasteiger charge is -2.22. The molecule has 0 unspecified atom stereocenters. The van der Waals surface area contributed by atoms with E-state index in [1.54, 1.807) is 11.3 Å². The van der Waals surface area contributed by atoms with Gasteiger partial charge in [0.25, 0.3) is 0 Å². The molecule has 1 aliphatic rings. The molecule has 4 heteroatoms. The van der Waals surface area contributed by atoms with E-state index in [0.717, 1.165) is 36.0 Å². The molecule has 94 valence electrons. The Bertz CT molecular complexity index is 472. The predicted molar refractivity (Wildman–Crippen MR) is 74.6 cm³/mol. The Kier molecular flexibility index (Phi) is 3.67. The third-order valence-corrected chi connectivity index (χ3v) is 4.28. The highest BCUT2D eigenvalue weighted by molar-refractivity contribution is 7.13. The van der Waals surface area contributed by atoms with E-state index >= 15 is 0 Å². The number of aromatic nitrogens is 2. The molecule has 0 spiro atoms. The number of piperidine rings is 1. The van der Waals surface area contributed by atoms with Gasteiger partial charge in [-0.05, 0) is 50.4 Å². The molecular weight excluding hydrogens is 242 g/mol. The van der Waals surface area contributed by atoms with Gasteiger partial charge in [-0.25, -0.2) is 4.98 Å². The molecule has 18 heavy (non-hydrogen) atoms. The molecule has 0 bridgehead atoms. The van der Waals surface area contributed by atoms with Crippen molar-refractivity contribution in [2.45, 2.75) is 19.3 Å². The van der Waals surface area contributed by atoms with Crippen LogP contribution in [0.2, 0.25) is 0 Å². The van der Waals surface area contributed by atoms with Crippen molar-refractivity contribution in [1.29, 1.82) is 0 Å². The maximum Gasteiger partial charge on any atom is 0.124 e.